The average molecular weight is 330 g/mol. The van der Waals surface area contributed by atoms with Crippen molar-refractivity contribution in [3.63, 3.8) is 0 Å². The Balaban J connectivity index is 0.00000176. The van der Waals surface area contributed by atoms with Crippen molar-refractivity contribution in [1.29, 1.82) is 0 Å². The minimum atomic E-state index is -0.217. The lowest BCUT2D eigenvalue weighted by Gasteiger charge is -2.33. The molecule has 0 bridgehead atoms. The maximum Gasteiger partial charge on any atom is 0.245 e. The summed E-state index contributed by atoms with van der Waals surface area (Å²) in [5, 5.41) is 12.1. The number of nitrogens with zero attached hydrogens (tertiary/aromatic N) is 4. The number of piperidine rings is 1. The second-order valence-electron chi connectivity index (χ2n) is 5.80. The van der Waals surface area contributed by atoms with Crippen LogP contribution in [-0.2, 0) is 16.1 Å². The molecule has 124 valence electrons. The van der Waals surface area contributed by atoms with Gasteiger partial charge in [0.25, 0.3) is 0 Å². The van der Waals surface area contributed by atoms with Crippen molar-refractivity contribution in [3.05, 3.63) is 11.6 Å². The summed E-state index contributed by atoms with van der Waals surface area (Å²) in [5.74, 6) is 2.42. The first kappa shape index (κ1) is 17.2. The molecular weight excluding hydrogens is 306 g/mol. The van der Waals surface area contributed by atoms with Crippen LogP contribution in [0.4, 0.5) is 0 Å². The standard InChI is InChI=1S/C14H23N5O2.ClH/c1-10-14(20)18(7-8-21-2)9-12-16-17-13(19(10)12)11-3-5-15-6-4-11;/h10-11,15H,3-9H2,1-2H3;1H/t10-;/m0./s1. The van der Waals surface area contributed by atoms with E-state index in [1.54, 1.807) is 7.11 Å². The average Bonchev–Trinajstić information content (AvgIpc) is 2.94. The first-order valence-electron chi connectivity index (χ1n) is 7.64. The van der Waals surface area contributed by atoms with E-state index in [9.17, 15) is 4.79 Å². The van der Waals surface area contributed by atoms with Gasteiger partial charge in [0.1, 0.15) is 11.9 Å². The van der Waals surface area contributed by atoms with Gasteiger partial charge in [-0.3, -0.25) is 4.79 Å². The van der Waals surface area contributed by atoms with Crippen LogP contribution in [0.1, 0.15) is 43.4 Å². The number of halogens is 1. The highest BCUT2D eigenvalue weighted by molar-refractivity contribution is 5.85. The van der Waals surface area contributed by atoms with E-state index in [4.69, 9.17) is 4.74 Å². The fourth-order valence-electron chi connectivity index (χ4n) is 3.24. The summed E-state index contributed by atoms with van der Waals surface area (Å²) >= 11 is 0. The van der Waals surface area contributed by atoms with Crippen LogP contribution in [0.15, 0.2) is 0 Å². The van der Waals surface area contributed by atoms with Crippen molar-refractivity contribution in [1.82, 2.24) is 25.0 Å². The first-order valence-corrected chi connectivity index (χ1v) is 7.64. The minimum absolute atomic E-state index is 0. The summed E-state index contributed by atoms with van der Waals surface area (Å²) in [7, 11) is 1.65. The van der Waals surface area contributed by atoms with E-state index in [0.717, 1.165) is 37.6 Å². The van der Waals surface area contributed by atoms with E-state index in [2.05, 4.69) is 20.1 Å². The molecule has 7 nitrogen and oxygen atoms in total. The third kappa shape index (κ3) is 3.11. The van der Waals surface area contributed by atoms with Crippen LogP contribution >= 0.6 is 12.4 Å². The zero-order chi connectivity index (χ0) is 14.8. The molecule has 0 saturated carbocycles. The topological polar surface area (TPSA) is 72.3 Å². The van der Waals surface area contributed by atoms with Crippen LogP contribution in [0.5, 0.6) is 0 Å². The van der Waals surface area contributed by atoms with E-state index in [1.807, 2.05) is 11.8 Å². The zero-order valence-electron chi connectivity index (χ0n) is 13.1. The van der Waals surface area contributed by atoms with Gasteiger partial charge in [0, 0.05) is 19.6 Å². The Hall–Kier alpha value is -1.18. The van der Waals surface area contributed by atoms with Crippen LogP contribution in [0, 0.1) is 0 Å². The smallest absolute Gasteiger partial charge is 0.245 e. The van der Waals surface area contributed by atoms with E-state index >= 15 is 0 Å². The van der Waals surface area contributed by atoms with Crippen molar-refractivity contribution in [2.45, 2.75) is 38.3 Å². The van der Waals surface area contributed by atoms with Crippen LogP contribution in [0.3, 0.4) is 0 Å². The lowest BCUT2D eigenvalue weighted by atomic mass is 9.96. The Kier molecular flexibility index (Phi) is 5.77. The van der Waals surface area contributed by atoms with Gasteiger partial charge in [-0.25, -0.2) is 0 Å². The van der Waals surface area contributed by atoms with Crippen molar-refractivity contribution >= 4 is 18.3 Å². The SMILES string of the molecule is COCCN1Cc2nnc(C3CCNCC3)n2[C@@H](C)C1=O.Cl. The van der Waals surface area contributed by atoms with Crippen molar-refractivity contribution in [2.24, 2.45) is 0 Å². The van der Waals surface area contributed by atoms with Gasteiger partial charge >= 0.3 is 0 Å². The fourth-order valence-corrected chi connectivity index (χ4v) is 3.24. The molecule has 8 heteroatoms. The van der Waals surface area contributed by atoms with E-state index in [0.29, 0.717) is 25.6 Å². The molecule has 0 radical (unpaired) electrons. The first-order chi connectivity index (χ1) is 10.2. The molecule has 0 spiro atoms. The maximum atomic E-state index is 12.5. The van der Waals surface area contributed by atoms with Crippen molar-refractivity contribution < 1.29 is 9.53 Å². The molecular formula is C14H24ClN5O2. The van der Waals surface area contributed by atoms with Crippen LogP contribution in [0.2, 0.25) is 0 Å². The number of carbonyl (C=O) groups is 1. The van der Waals surface area contributed by atoms with Crippen LogP contribution in [0.25, 0.3) is 0 Å². The molecule has 1 aromatic heterocycles. The summed E-state index contributed by atoms with van der Waals surface area (Å²) in [5.41, 5.74) is 0. The number of methoxy groups -OCH3 is 1. The minimum Gasteiger partial charge on any atom is -0.383 e. The van der Waals surface area contributed by atoms with Crippen molar-refractivity contribution in [3.8, 4) is 0 Å². The number of fused-ring (bicyclic) bond motifs is 1. The van der Waals surface area contributed by atoms with Gasteiger partial charge in [-0.1, -0.05) is 0 Å². The Morgan fingerprint density at radius 3 is 2.73 bits per heavy atom. The fraction of sp³-hybridized carbons (Fsp3) is 0.786. The molecule has 2 aliphatic rings. The lowest BCUT2D eigenvalue weighted by Crippen LogP contribution is -2.44. The van der Waals surface area contributed by atoms with E-state index in [-0.39, 0.29) is 24.4 Å². The number of nitrogens with one attached hydrogen (secondary N) is 1. The molecule has 1 fully saturated rings. The van der Waals surface area contributed by atoms with Crippen molar-refractivity contribution in [2.75, 3.05) is 33.4 Å². The maximum absolute atomic E-state index is 12.5. The molecule has 1 amide bonds. The molecule has 3 rings (SSSR count). The Morgan fingerprint density at radius 1 is 1.32 bits per heavy atom. The van der Waals surface area contributed by atoms with Crippen LogP contribution < -0.4 is 5.32 Å². The van der Waals surface area contributed by atoms with Gasteiger partial charge in [-0.05, 0) is 32.9 Å². The number of carbonyl (C=O) groups excluding carboxylic acids is 1. The molecule has 22 heavy (non-hydrogen) atoms. The molecule has 0 unspecified atom stereocenters. The monoisotopic (exact) mass is 329 g/mol. The van der Waals surface area contributed by atoms with Gasteiger partial charge in [0.2, 0.25) is 5.91 Å². The summed E-state index contributed by atoms with van der Waals surface area (Å²) in [6.45, 7) is 5.65. The third-order valence-electron chi connectivity index (χ3n) is 4.45. The van der Waals surface area contributed by atoms with Gasteiger partial charge in [0.15, 0.2) is 5.82 Å². The summed E-state index contributed by atoms with van der Waals surface area (Å²) in [6, 6.07) is -0.217. The molecule has 1 N–H and O–H groups in total. The Labute approximate surface area is 136 Å². The lowest BCUT2D eigenvalue weighted by molar-refractivity contribution is -0.137. The summed E-state index contributed by atoms with van der Waals surface area (Å²) in [4.78, 5) is 14.3. The molecule has 1 aromatic rings. The third-order valence-corrected chi connectivity index (χ3v) is 4.45. The normalized spacial score (nSPS) is 22.4. The number of rotatable bonds is 4. The van der Waals surface area contributed by atoms with E-state index in [1.165, 1.54) is 0 Å². The zero-order valence-corrected chi connectivity index (χ0v) is 13.9. The molecule has 1 saturated heterocycles. The highest BCUT2D eigenvalue weighted by Gasteiger charge is 2.35. The summed E-state index contributed by atoms with van der Waals surface area (Å²) < 4.78 is 7.13. The highest BCUT2D eigenvalue weighted by atomic mass is 35.5. The number of amides is 1. The number of aromatic nitrogens is 3. The molecule has 0 aromatic carbocycles. The number of hydrogen-bond acceptors (Lipinski definition) is 5. The highest BCUT2D eigenvalue weighted by Crippen LogP contribution is 2.30. The predicted octanol–water partition coefficient (Wildman–Crippen LogP) is 0.716. The predicted molar refractivity (Wildman–Crippen MR) is 84.1 cm³/mol. The van der Waals surface area contributed by atoms with Gasteiger partial charge < -0.3 is 19.5 Å². The largest absolute Gasteiger partial charge is 0.383 e. The molecule has 3 heterocycles. The number of hydrogen-bond donors (Lipinski definition) is 1. The van der Waals surface area contributed by atoms with Gasteiger partial charge in [-0.2, -0.15) is 0 Å². The number of ether oxygens (including phenoxy) is 1. The van der Waals surface area contributed by atoms with Crippen LogP contribution in [-0.4, -0.2) is 58.9 Å². The Morgan fingerprint density at radius 2 is 2.05 bits per heavy atom. The Bertz CT molecular complexity index is 515. The second-order valence-corrected chi connectivity index (χ2v) is 5.80. The second kappa shape index (κ2) is 7.39. The summed E-state index contributed by atoms with van der Waals surface area (Å²) in [6.07, 6.45) is 2.12. The molecule has 1 atom stereocenters. The van der Waals surface area contributed by atoms with Gasteiger partial charge in [-0.15, -0.1) is 22.6 Å². The van der Waals surface area contributed by atoms with Gasteiger partial charge in [0.05, 0.1) is 13.2 Å². The van der Waals surface area contributed by atoms with E-state index < -0.39 is 0 Å². The molecule has 0 aliphatic carbocycles. The molecule has 2 aliphatic heterocycles. The quantitative estimate of drug-likeness (QED) is 0.881.